The molecular formula is C23H33N5O4. The van der Waals surface area contributed by atoms with Crippen molar-refractivity contribution in [1.82, 2.24) is 25.3 Å². The van der Waals surface area contributed by atoms with Crippen LogP contribution in [0, 0.1) is 5.92 Å². The summed E-state index contributed by atoms with van der Waals surface area (Å²) in [4.78, 5) is 32.9. The van der Waals surface area contributed by atoms with E-state index in [1.165, 1.54) is 12.5 Å². The molecule has 1 aliphatic heterocycles. The average molecular weight is 444 g/mol. The first kappa shape index (κ1) is 23.9. The predicted molar refractivity (Wildman–Crippen MR) is 119 cm³/mol. The lowest BCUT2D eigenvalue weighted by Gasteiger charge is -2.36. The van der Waals surface area contributed by atoms with Gasteiger partial charge in [0, 0.05) is 52.3 Å². The van der Waals surface area contributed by atoms with E-state index in [4.69, 9.17) is 9.26 Å². The van der Waals surface area contributed by atoms with Gasteiger partial charge in [-0.2, -0.15) is 4.98 Å². The van der Waals surface area contributed by atoms with E-state index in [9.17, 15) is 9.59 Å². The van der Waals surface area contributed by atoms with Gasteiger partial charge in [-0.1, -0.05) is 43.3 Å². The fraction of sp³-hybridized carbons (Fsp3) is 0.565. The highest BCUT2D eigenvalue weighted by Gasteiger charge is 2.28. The minimum absolute atomic E-state index is 0.0193. The van der Waals surface area contributed by atoms with Crippen LogP contribution in [0.25, 0.3) is 11.4 Å². The van der Waals surface area contributed by atoms with Crippen molar-refractivity contribution in [3.63, 3.8) is 0 Å². The second-order valence-electron chi connectivity index (χ2n) is 8.63. The van der Waals surface area contributed by atoms with Gasteiger partial charge in [-0.3, -0.25) is 14.5 Å². The summed E-state index contributed by atoms with van der Waals surface area (Å²) < 4.78 is 10.2. The van der Waals surface area contributed by atoms with E-state index in [0.29, 0.717) is 43.8 Å². The molecule has 0 saturated carbocycles. The lowest BCUT2D eigenvalue weighted by atomic mass is 10.0. The molecule has 1 N–H and O–H groups in total. The van der Waals surface area contributed by atoms with Gasteiger partial charge in [-0.25, -0.2) is 0 Å². The molecule has 2 heterocycles. The van der Waals surface area contributed by atoms with Crippen molar-refractivity contribution in [3.8, 4) is 11.4 Å². The molecule has 2 amide bonds. The summed E-state index contributed by atoms with van der Waals surface area (Å²) in [5.74, 6) is 1.19. The number of rotatable bonds is 9. The van der Waals surface area contributed by atoms with Crippen molar-refractivity contribution >= 4 is 11.8 Å². The number of ether oxygens (including phenoxy) is 1. The van der Waals surface area contributed by atoms with Crippen LogP contribution in [0.2, 0.25) is 0 Å². The van der Waals surface area contributed by atoms with Crippen molar-refractivity contribution in [1.29, 1.82) is 0 Å². The second-order valence-corrected chi connectivity index (χ2v) is 8.63. The van der Waals surface area contributed by atoms with Crippen LogP contribution in [0.3, 0.4) is 0 Å². The molecule has 1 unspecified atom stereocenters. The van der Waals surface area contributed by atoms with E-state index in [1.54, 1.807) is 7.11 Å². The van der Waals surface area contributed by atoms with Crippen LogP contribution in [0.5, 0.6) is 0 Å². The first-order valence-corrected chi connectivity index (χ1v) is 11.0. The fourth-order valence-electron chi connectivity index (χ4n) is 3.86. The number of hydrogen-bond acceptors (Lipinski definition) is 7. The van der Waals surface area contributed by atoms with E-state index in [2.05, 4.69) is 46.3 Å². The quantitative estimate of drug-likeness (QED) is 0.633. The number of aromatic nitrogens is 2. The standard InChI is InChI=1S/C23H33N5O4/c1-16(2)13-20(24-17(3)29)23(30)28-11-9-27(10-12-28)14-18-5-7-19(8-6-18)22-25-21(15-31-4)32-26-22/h5-8,16,20H,9-15H2,1-4H3,(H,24,29). The van der Waals surface area contributed by atoms with Gasteiger partial charge in [-0.15, -0.1) is 0 Å². The Morgan fingerprint density at radius 3 is 2.44 bits per heavy atom. The predicted octanol–water partition coefficient (Wildman–Crippen LogP) is 2.08. The maximum Gasteiger partial charge on any atom is 0.252 e. The first-order chi connectivity index (χ1) is 15.4. The Bertz CT molecular complexity index is 888. The molecular weight excluding hydrogens is 410 g/mol. The van der Waals surface area contributed by atoms with Crippen LogP contribution in [-0.4, -0.2) is 71.1 Å². The van der Waals surface area contributed by atoms with Crippen molar-refractivity contribution in [2.75, 3.05) is 33.3 Å². The molecule has 0 bridgehead atoms. The summed E-state index contributed by atoms with van der Waals surface area (Å²) in [5.41, 5.74) is 2.08. The van der Waals surface area contributed by atoms with Gasteiger partial charge >= 0.3 is 0 Å². The Hall–Kier alpha value is -2.78. The van der Waals surface area contributed by atoms with Crippen LogP contribution in [0.1, 0.15) is 38.6 Å². The molecule has 9 heteroatoms. The molecule has 1 aromatic heterocycles. The number of benzene rings is 1. The van der Waals surface area contributed by atoms with Gasteiger partial charge in [0.05, 0.1) is 0 Å². The van der Waals surface area contributed by atoms with Crippen LogP contribution in [0.15, 0.2) is 28.8 Å². The molecule has 1 fully saturated rings. The Morgan fingerprint density at radius 1 is 1.16 bits per heavy atom. The van der Waals surface area contributed by atoms with Crippen LogP contribution < -0.4 is 5.32 Å². The maximum atomic E-state index is 12.9. The molecule has 0 aliphatic carbocycles. The van der Waals surface area contributed by atoms with E-state index in [-0.39, 0.29) is 11.8 Å². The zero-order valence-electron chi connectivity index (χ0n) is 19.3. The van der Waals surface area contributed by atoms with Gasteiger partial charge in [0.15, 0.2) is 0 Å². The lowest BCUT2D eigenvalue weighted by Crippen LogP contribution is -2.54. The molecule has 9 nitrogen and oxygen atoms in total. The molecule has 3 rings (SSSR count). The summed E-state index contributed by atoms with van der Waals surface area (Å²) in [6.07, 6.45) is 0.651. The maximum absolute atomic E-state index is 12.9. The number of carbonyl (C=O) groups excluding carboxylic acids is 2. The number of methoxy groups -OCH3 is 1. The Morgan fingerprint density at radius 2 is 1.84 bits per heavy atom. The van der Waals surface area contributed by atoms with Gasteiger partial charge < -0.3 is 19.5 Å². The number of nitrogens with zero attached hydrogens (tertiary/aromatic N) is 4. The molecule has 174 valence electrons. The van der Waals surface area contributed by atoms with Crippen LogP contribution in [-0.2, 0) is 27.5 Å². The van der Waals surface area contributed by atoms with Crippen molar-refractivity contribution in [2.24, 2.45) is 5.92 Å². The Balaban J connectivity index is 1.51. The van der Waals surface area contributed by atoms with Crippen LogP contribution in [0.4, 0.5) is 0 Å². The number of nitrogens with one attached hydrogen (secondary N) is 1. The van der Waals surface area contributed by atoms with E-state index in [0.717, 1.165) is 25.2 Å². The van der Waals surface area contributed by atoms with Crippen molar-refractivity contribution in [2.45, 2.75) is 46.4 Å². The zero-order valence-corrected chi connectivity index (χ0v) is 19.3. The summed E-state index contributed by atoms with van der Waals surface area (Å²) in [5, 5.41) is 6.80. The van der Waals surface area contributed by atoms with Crippen LogP contribution >= 0.6 is 0 Å². The highest BCUT2D eigenvalue weighted by molar-refractivity contribution is 5.87. The fourth-order valence-corrected chi connectivity index (χ4v) is 3.86. The molecule has 0 spiro atoms. The van der Waals surface area contributed by atoms with Gasteiger partial charge in [0.25, 0.3) is 5.89 Å². The zero-order chi connectivity index (χ0) is 23.1. The summed E-state index contributed by atoms with van der Waals surface area (Å²) in [6.45, 7) is 9.60. The third-order valence-electron chi connectivity index (χ3n) is 5.42. The minimum atomic E-state index is -0.443. The summed E-state index contributed by atoms with van der Waals surface area (Å²) in [7, 11) is 1.58. The van der Waals surface area contributed by atoms with Gasteiger partial charge in [0.1, 0.15) is 12.6 Å². The van der Waals surface area contributed by atoms with E-state index < -0.39 is 6.04 Å². The summed E-state index contributed by atoms with van der Waals surface area (Å²) in [6, 6.07) is 7.66. The number of amides is 2. The second kappa shape index (κ2) is 11.2. The van der Waals surface area contributed by atoms with E-state index in [1.807, 2.05) is 17.0 Å². The van der Waals surface area contributed by atoms with Crippen molar-refractivity contribution in [3.05, 3.63) is 35.7 Å². The number of hydrogen-bond donors (Lipinski definition) is 1. The third kappa shape index (κ3) is 6.61. The highest BCUT2D eigenvalue weighted by atomic mass is 16.5. The Kier molecular flexibility index (Phi) is 8.35. The third-order valence-corrected chi connectivity index (χ3v) is 5.42. The molecule has 0 radical (unpaired) electrons. The average Bonchev–Trinajstić information content (AvgIpc) is 3.22. The molecule has 32 heavy (non-hydrogen) atoms. The number of piperazine rings is 1. The number of carbonyl (C=O) groups is 2. The minimum Gasteiger partial charge on any atom is -0.375 e. The molecule has 2 aromatic rings. The van der Waals surface area contributed by atoms with Crippen molar-refractivity contribution < 1.29 is 18.8 Å². The monoisotopic (exact) mass is 443 g/mol. The van der Waals surface area contributed by atoms with Gasteiger partial charge in [-0.05, 0) is 17.9 Å². The molecule has 1 aliphatic rings. The molecule has 1 aromatic carbocycles. The first-order valence-electron chi connectivity index (χ1n) is 11.0. The highest BCUT2D eigenvalue weighted by Crippen LogP contribution is 2.18. The molecule has 1 atom stereocenters. The largest absolute Gasteiger partial charge is 0.375 e. The Labute approximate surface area is 189 Å². The lowest BCUT2D eigenvalue weighted by molar-refractivity contribution is -0.138. The topological polar surface area (TPSA) is 101 Å². The molecule has 1 saturated heterocycles. The SMILES string of the molecule is COCc1nc(-c2ccc(CN3CCN(C(=O)C(CC(C)C)NC(C)=O)CC3)cc2)no1. The summed E-state index contributed by atoms with van der Waals surface area (Å²) >= 11 is 0. The van der Waals surface area contributed by atoms with Gasteiger partial charge in [0.2, 0.25) is 17.6 Å². The van der Waals surface area contributed by atoms with E-state index >= 15 is 0 Å². The smallest absolute Gasteiger partial charge is 0.252 e. The normalized spacial score (nSPS) is 15.7.